The summed E-state index contributed by atoms with van der Waals surface area (Å²) < 4.78 is 1.65. The maximum Gasteiger partial charge on any atom is 0.225 e. The van der Waals surface area contributed by atoms with Crippen molar-refractivity contribution in [2.45, 2.75) is 12.8 Å². The number of rotatable bonds is 4. The van der Waals surface area contributed by atoms with Gasteiger partial charge in [0.05, 0.1) is 0 Å². The number of halogens is 1. The van der Waals surface area contributed by atoms with Crippen LogP contribution in [0.4, 0.5) is 5.82 Å². The van der Waals surface area contributed by atoms with Crippen molar-refractivity contribution in [2.24, 2.45) is 7.05 Å². The van der Waals surface area contributed by atoms with E-state index in [0.717, 1.165) is 5.56 Å². The quantitative estimate of drug-likeness (QED) is 0.922. The molecule has 18 heavy (non-hydrogen) atoms. The number of carbonyl (C=O) groups is 1. The lowest BCUT2D eigenvalue weighted by atomic mass is 10.1. The smallest absolute Gasteiger partial charge is 0.225 e. The third kappa shape index (κ3) is 3.60. The van der Waals surface area contributed by atoms with Gasteiger partial charge in [-0.25, -0.2) is 0 Å². The minimum Gasteiger partial charge on any atom is -0.309 e. The number of hydrogen-bond donors (Lipinski definition) is 1. The Labute approximate surface area is 111 Å². The molecule has 0 radical (unpaired) electrons. The number of nitrogens with one attached hydrogen (secondary N) is 1. The van der Waals surface area contributed by atoms with Crippen LogP contribution in [0, 0.1) is 0 Å². The number of amides is 1. The molecule has 1 heterocycles. The van der Waals surface area contributed by atoms with E-state index in [0.29, 0.717) is 23.7 Å². The highest BCUT2D eigenvalue weighted by Crippen LogP contribution is 2.12. The lowest BCUT2D eigenvalue weighted by molar-refractivity contribution is -0.116. The first-order chi connectivity index (χ1) is 8.63. The second-order valence-electron chi connectivity index (χ2n) is 4.05. The van der Waals surface area contributed by atoms with E-state index in [9.17, 15) is 4.79 Å². The largest absolute Gasteiger partial charge is 0.309 e. The minimum absolute atomic E-state index is 0.0475. The van der Waals surface area contributed by atoms with Crippen LogP contribution in [0.25, 0.3) is 0 Å². The predicted octanol–water partition coefficient (Wildman–Crippen LogP) is 2.64. The monoisotopic (exact) mass is 263 g/mol. The Morgan fingerprint density at radius 3 is 2.94 bits per heavy atom. The Morgan fingerprint density at radius 1 is 1.44 bits per heavy atom. The normalized spacial score (nSPS) is 10.3. The van der Waals surface area contributed by atoms with Gasteiger partial charge in [0.1, 0.15) is 0 Å². The van der Waals surface area contributed by atoms with E-state index in [1.165, 1.54) is 0 Å². The van der Waals surface area contributed by atoms with Crippen LogP contribution >= 0.6 is 11.6 Å². The molecule has 0 atom stereocenters. The van der Waals surface area contributed by atoms with Crippen LogP contribution in [0.5, 0.6) is 0 Å². The second-order valence-corrected chi connectivity index (χ2v) is 4.49. The van der Waals surface area contributed by atoms with E-state index >= 15 is 0 Å². The van der Waals surface area contributed by atoms with Crippen LogP contribution in [0.1, 0.15) is 12.0 Å². The zero-order chi connectivity index (χ0) is 13.0. The zero-order valence-corrected chi connectivity index (χ0v) is 10.8. The van der Waals surface area contributed by atoms with Crippen LogP contribution in [0.15, 0.2) is 36.5 Å². The van der Waals surface area contributed by atoms with Crippen molar-refractivity contribution in [3.05, 3.63) is 47.1 Å². The van der Waals surface area contributed by atoms with Crippen molar-refractivity contribution >= 4 is 23.3 Å². The van der Waals surface area contributed by atoms with Gasteiger partial charge in [0.2, 0.25) is 5.91 Å². The number of carbonyl (C=O) groups excluding carboxylic acids is 1. The van der Waals surface area contributed by atoms with E-state index in [2.05, 4.69) is 10.4 Å². The van der Waals surface area contributed by atoms with Gasteiger partial charge in [0, 0.05) is 30.8 Å². The standard InChI is InChI=1S/C13H14ClN3O/c1-17-8-7-12(16-17)15-13(18)6-5-10-3-2-4-11(14)9-10/h2-4,7-9H,5-6H2,1H3,(H,15,16,18). The molecule has 1 aromatic carbocycles. The summed E-state index contributed by atoms with van der Waals surface area (Å²) in [6.07, 6.45) is 2.86. The third-order valence-electron chi connectivity index (χ3n) is 2.51. The second kappa shape index (κ2) is 5.69. The fourth-order valence-electron chi connectivity index (χ4n) is 1.64. The Morgan fingerprint density at radius 2 is 2.28 bits per heavy atom. The lowest BCUT2D eigenvalue weighted by Crippen LogP contribution is -2.12. The van der Waals surface area contributed by atoms with Crippen LogP contribution in [-0.4, -0.2) is 15.7 Å². The fraction of sp³-hybridized carbons (Fsp3) is 0.231. The van der Waals surface area contributed by atoms with Gasteiger partial charge in [-0.15, -0.1) is 0 Å². The molecule has 2 rings (SSSR count). The topological polar surface area (TPSA) is 46.9 Å². The molecule has 0 unspecified atom stereocenters. The summed E-state index contributed by atoms with van der Waals surface area (Å²) in [6.45, 7) is 0. The maximum absolute atomic E-state index is 11.7. The van der Waals surface area contributed by atoms with Crippen molar-refractivity contribution in [1.29, 1.82) is 0 Å². The van der Waals surface area contributed by atoms with Crippen molar-refractivity contribution in [3.8, 4) is 0 Å². The molecule has 1 aromatic heterocycles. The predicted molar refractivity (Wildman–Crippen MR) is 71.6 cm³/mol. The van der Waals surface area contributed by atoms with E-state index in [1.807, 2.05) is 31.3 Å². The number of benzene rings is 1. The molecule has 0 aliphatic rings. The van der Waals surface area contributed by atoms with Crippen molar-refractivity contribution in [3.63, 3.8) is 0 Å². The Balaban J connectivity index is 1.85. The summed E-state index contributed by atoms with van der Waals surface area (Å²) in [6, 6.07) is 9.29. The minimum atomic E-state index is -0.0475. The Kier molecular flexibility index (Phi) is 3.99. The summed E-state index contributed by atoms with van der Waals surface area (Å²) in [4.78, 5) is 11.7. The fourth-order valence-corrected chi connectivity index (χ4v) is 1.85. The van der Waals surface area contributed by atoms with Crippen molar-refractivity contribution in [2.75, 3.05) is 5.32 Å². The molecule has 0 fully saturated rings. The number of nitrogens with zero attached hydrogens (tertiary/aromatic N) is 2. The van der Waals surface area contributed by atoms with Crippen LogP contribution in [0.3, 0.4) is 0 Å². The molecule has 94 valence electrons. The summed E-state index contributed by atoms with van der Waals surface area (Å²) in [7, 11) is 1.81. The molecule has 0 aliphatic carbocycles. The SMILES string of the molecule is Cn1ccc(NC(=O)CCc2cccc(Cl)c2)n1. The third-order valence-corrected chi connectivity index (χ3v) is 2.75. The van der Waals surface area contributed by atoms with Gasteiger partial charge in [0.25, 0.3) is 0 Å². The molecule has 2 aromatic rings. The van der Waals surface area contributed by atoms with E-state index < -0.39 is 0 Å². The number of hydrogen-bond acceptors (Lipinski definition) is 2. The van der Waals surface area contributed by atoms with Gasteiger partial charge in [0.15, 0.2) is 5.82 Å². The van der Waals surface area contributed by atoms with Gasteiger partial charge >= 0.3 is 0 Å². The molecule has 0 bridgehead atoms. The van der Waals surface area contributed by atoms with E-state index in [-0.39, 0.29) is 5.91 Å². The molecule has 0 spiro atoms. The van der Waals surface area contributed by atoms with Gasteiger partial charge < -0.3 is 5.32 Å². The number of aryl methyl sites for hydroxylation is 2. The average molecular weight is 264 g/mol. The summed E-state index contributed by atoms with van der Waals surface area (Å²) >= 11 is 5.88. The summed E-state index contributed by atoms with van der Waals surface area (Å²) in [5.74, 6) is 0.530. The average Bonchev–Trinajstić information content (AvgIpc) is 2.72. The highest BCUT2D eigenvalue weighted by molar-refractivity contribution is 6.30. The molecule has 5 heteroatoms. The van der Waals surface area contributed by atoms with Gasteiger partial charge in [-0.2, -0.15) is 5.10 Å². The molecule has 0 saturated heterocycles. The molecular formula is C13H14ClN3O. The van der Waals surface area contributed by atoms with Gasteiger partial charge in [-0.3, -0.25) is 9.48 Å². The van der Waals surface area contributed by atoms with E-state index in [1.54, 1.807) is 16.9 Å². The van der Waals surface area contributed by atoms with Crippen LogP contribution < -0.4 is 5.32 Å². The molecule has 4 nitrogen and oxygen atoms in total. The lowest BCUT2D eigenvalue weighted by Gasteiger charge is -2.03. The highest BCUT2D eigenvalue weighted by Gasteiger charge is 2.05. The highest BCUT2D eigenvalue weighted by atomic mass is 35.5. The maximum atomic E-state index is 11.7. The molecule has 1 N–H and O–H groups in total. The summed E-state index contributed by atoms with van der Waals surface area (Å²) in [5, 5.41) is 7.52. The summed E-state index contributed by atoms with van der Waals surface area (Å²) in [5.41, 5.74) is 1.05. The van der Waals surface area contributed by atoms with Crippen LogP contribution in [-0.2, 0) is 18.3 Å². The number of aromatic nitrogens is 2. The molecule has 0 aliphatic heterocycles. The molecular weight excluding hydrogens is 250 g/mol. The van der Waals surface area contributed by atoms with Crippen molar-refractivity contribution < 1.29 is 4.79 Å². The number of anilines is 1. The Hall–Kier alpha value is -1.81. The first-order valence-corrected chi connectivity index (χ1v) is 6.05. The zero-order valence-electron chi connectivity index (χ0n) is 10.1. The molecule has 0 saturated carbocycles. The van der Waals surface area contributed by atoms with Crippen molar-refractivity contribution in [1.82, 2.24) is 9.78 Å². The van der Waals surface area contributed by atoms with Crippen LogP contribution in [0.2, 0.25) is 5.02 Å². The first kappa shape index (κ1) is 12.6. The Bertz CT molecular complexity index is 551. The van der Waals surface area contributed by atoms with Gasteiger partial charge in [-0.1, -0.05) is 23.7 Å². The first-order valence-electron chi connectivity index (χ1n) is 5.67. The van der Waals surface area contributed by atoms with E-state index in [4.69, 9.17) is 11.6 Å². The molecule has 1 amide bonds. The van der Waals surface area contributed by atoms with Gasteiger partial charge in [-0.05, 0) is 24.1 Å².